The van der Waals surface area contributed by atoms with Gasteiger partial charge in [0.1, 0.15) is 17.4 Å². The molecule has 9 heteroatoms. The first-order valence-corrected chi connectivity index (χ1v) is 10.1. The number of thiazole rings is 1. The van der Waals surface area contributed by atoms with Crippen LogP contribution in [0.3, 0.4) is 0 Å². The number of nitrogens with zero attached hydrogens (tertiary/aromatic N) is 5. The smallest absolute Gasteiger partial charge is 0.318 e. The molecule has 0 bridgehead atoms. The molecule has 1 aromatic carbocycles. The van der Waals surface area contributed by atoms with Crippen LogP contribution in [0.15, 0.2) is 42.2 Å². The molecule has 2 saturated heterocycles. The minimum atomic E-state index is -0.269. The van der Waals surface area contributed by atoms with Gasteiger partial charge in [0.15, 0.2) is 0 Å². The number of carbonyl (C=O) groups is 1. The standard InChI is InChI=1S/C19H20N6O2S/c1-19(10-25(11-19)17-20-6-3-7-21-17)23-18(26)24-8-13(9-24)27-14-4-2-5-15-16(14)22-12-28-15/h2-7,12-13H,8-11H2,1H3,(H,23,26). The van der Waals surface area contributed by atoms with E-state index in [0.717, 1.165) is 16.0 Å². The molecule has 0 aliphatic carbocycles. The number of hydrogen-bond acceptors (Lipinski definition) is 7. The zero-order valence-corrected chi connectivity index (χ0v) is 16.2. The van der Waals surface area contributed by atoms with Gasteiger partial charge in [-0.2, -0.15) is 0 Å². The highest BCUT2D eigenvalue weighted by atomic mass is 32.1. The molecule has 3 aromatic rings. The maximum absolute atomic E-state index is 12.5. The molecule has 0 radical (unpaired) electrons. The molecule has 8 nitrogen and oxygen atoms in total. The maximum Gasteiger partial charge on any atom is 0.318 e. The van der Waals surface area contributed by atoms with Gasteiger partial charge in [-0.25, -0.2) is 19.7 Å². The number of anilines is 1. The van der Waals surface area contributed by atoms with Crippen LogP contribution in [0.4, 0.5) is 10.7 Å². The summed E-state index contributed by atoms with van der Waals surface area (Å²) in [5, 5.41) is 3.13. The summed E-state index contributed by atoms with van der Waals surface area (Å²) in [4.78, 5) is 29.2. The lowest BCUT2D eigenvalue weighted by atomic mass is 9.92. The van der Waals surface area contributed by atoms with Gasteiger partial charge in [-0.3, -0.25) is 0 Å². The fourth-order valence-corrected chi connectivity index (χ4v) is 4.32. The Hall–Kier alpha value is -2.94. The van der Waals surface area contributed by atoms with Gasteiger partial charge in [0, 0.05) is 25.5 Å². The average molecular weight is 396 g/mol. The quantitative estimate of drug-likeness (QED) is 0.728. The van der Waals surface area contributed by atoms with Gasteiger partial charge < -0.3 is 19.9 Å². The summed E-state index contributed by atoms with van der Waals surface area (Å²) in [5.74, 6) is 1.48. The summed E-state index contributed by atoms with van der Waals surface area (Å²) in [5.41, 5.74) is 2.44. The summed E-state index contributed by atoms with van der Waals surface area (Å²) >= 11 is 1.59. The second-order valence-corrected chi connectivity index (χ2v) is 8.38. The minimum absolute atomic E-state index is 0.00136. The predicted octanol–water partition coefficient (Wildman–Crippen LogP) is 2.14. The first kappa shape index (κ1) is 17.2. The van der Waals surface area contributed by atoms with E-state index < -0.39 is 0 Å². The van der Waals surface area contributed by atoms with Gasteiger partial charge in [-0.1, -0.05) is 6.07 Å². The van der Waals surface area contributed by atoms with Crippen molar-refractivity contribution >= 4 is 33.5 Å². The molecule has 144 valence electrons. The highest BCUT2D eigenvalue weighted by Gasteiger charge is 2.43. The van der Waals surface area contributed by atoms with Crippen LogP contribution in [0, 0.1) is 0 Å². The molecule has 2 aliphatic heterocycles. The van der Waals surface area contributed by atoms with Crippen molar-refractivity contribution in [1.29, 1.82) is 0 Å². The van der Waals surface area contributed by atoms with E-state index in [0.29, 0.717) is 32.1 Å². The second kappa shape index (κ2) is 6.59. The minimum Gasteiger partial charge on any atom is -0.484 e. The summed E-state index contributed by atoms with van der Waals surface area (Å²) in [6.45, 7) is 4.59. The molecule has 2 fully saturated rings. The van der Waals surface area contributed by atoms with Crippen LogP contribution in [0.5, 0.6) is 5.75 Å². The first-order valence-electron chi connectivity index (χ1n) is 9.18. The normalized spacial score (nSPS) is 18.5. The Morgan fingerprint density at radius 3 is 2.79 bits per heavy atom. The molecule has 2 aromatic heterocycles. The number of aromatic nitrogens is 3. The van der Waals surface area contributed by atoms with Gasteiger partial charge in [0.05, 0.1) is 28.8 Å². The number of hydrogen-bond donors (Lipinski definition) is 1. The lowest BCUT2D eigenvalue weighted by Gasteiger charge is -2.49. The van der Waals surface area contributed by atoms with E-state index in [-0.39, 0.29) is 17.7 Å². The zero-order chi connectivity index (χ0) is 19.1. The topological polar surface area (TPSA) is 83.5 Å². The Balaban J connectivity index is 1.12. The van der Waals surface area contributed by atoms with Crippen molar-refractivity contribution in [1.82, 2.24) is 25.2 Å². The molecule has 0 spiro atoms. The lowest BCUT2D eigenvalue weighted by molar-refractivity contribution is 0.0415. The number of fused-ring (bicyclic) bond motifs is 1. The van der Waals surface area contributed by atoms with Crippen molar-refractivity contribution < 1.29 is 9.53 Å². The van der Waals surface area contributed by atoms with E-state index >= 15 is 0 Å². The van der Waals surface area contributed by atoms with Gasteiger partial charge in [0.25, 0.3) is 0 Å². The molecule has 5 rings (SSSR count). The maximum atomic E-state index is 12.5. The summed E-state index contributed by atoms with van der Waals surface area (Å²) in [6, 6.07) is 7.67. The summed E-state index contributed by atoms with van der Waals surface area (Å²) in [6.07, 6.45) is 3.45. The zero-order valence-electron chi connectivity index (χ0n) is 15.4. The molecule has 1 N–H and O–H groups in total. The Labute approximate surface area is 166 Å². The molecule has 0 saturated carbocycles. The fraction of sp³-hybridized carbons (Fsp3) is 0.368. The van der Waals surface area contributed by atoms with Gasteiger partial charge in [0.2, 0.25) is 5.95 Å². The number of para-hydroxylation sites is 1. The first-order chi connectivity index (χ1) is 13.6. The predicted molar refractivity (Wildman–Crippen MR) is 107 cm³/mol. The lowest BCUT2D eigenvalue weighted by Crippen LogP contribution is -2.72. The number of carbonyl (C=O) groups excluding carboxylic acids is 1. The molecule has 2 amide bonds. The number of rotatable bonds is 4. The number of amides is 2. The molecular formula is C19H20N6O2S. The van der Waals surface area contributed by atoms with E-state index in [4.69, 9.17) is 4.74 Å². The van der Waals surface area contributed by atoms with E-state index in [1.807, 2.05) is 30.6 Å². The molecular weight excluding hydrogens is 376 g/mol. The van der Waals surface area contributed by atoms with Gasteiger partial charge in [-0.05, 0) is 25.1 Å². The van der Waals surface area contributed by atoms with Crippen LogP contribution >= 0.6 is 11.3 Å². The van der Waals surface area contributed by atoms with Crippen LogP contribution in [-0.2, 0) is 0 Å². The van der Waals surface area contributed by atoms with Crippen LogP contribution < -0.4 is 15.0 Å². The third-order valence-electron chi connectivity index (χ3n) is 5.08. The highest BCUT2D eigenvalue weighted by molar-refractivity contribution is 7.16. The van der Waals surface area contributed by atoms with Crippen molar-refractivity contribution in [3.05, 3.63) is 42.2 Å². The summed E-state index contributed by atoms with van der Waals surface area (Å²) < 4.78 is 7.15. The Morgan fingerprint density at radius 1 is 1.21 bits per heavy atom. The third-order valence-corrected chi connectivity index (χ3v) is 5.87. The largest absolute Gasteiger partial charge is 0.484 e. The monoisotopic (exact) mass is 396 g/mol. The average Bonchev–Trinajstić information content (AvgIpc) is 3.12. The number of ether oxygens (including phenoxy) is 1. The number of benzene rings is 1. The van der Waals surface area contributed by atoms with Crippen molar-refractivity contribution in [2.75, 3.05) is 31.1 Å². The molecule has 2 aliphatic rings. The Bertz CT molecular complexity index is 998. The van der Waals surface area contributed by atoms with Crippen molar-refractivity contribution in [3.63, 3.8) is 0 Å². The highest BCUT2D eigenvalue weighted by Crippen LogP contribution is 2.29. The van der Waals surface area contributed by atoms with Crippen molar-refractivity contribution in [2.45, 2.75) is 18.6 Å². The Kier molecular flexibility index (Phi) is 4.04. The number of urea groups is 1. The van der Waals surface area contributed by atoms with E-state index in [1.54, 1.807) is 34.7 Å². The van der Waals surface area contributed by atoms with Crippen LogP contribution in [0.25, 0.3) is 10.2 Å². The van der Waals surface area contributed by atoms with Crippen LogP contribution in [0.1, 0.15) is 6.92 Å². The fourth-order valence-electron chi connectivity index (χ4n) is 3.62. The Morgan fingerprint density at radius 2 is 2.00 bits per heavy atom. The number of nitrogens with one attached hydrogen (secondary N) is 1. The SMILES string of the molecule is CC1(NC(=O)N2CC(Oc3cccc4scnc34)C2)CN(c2ncccn2)C1. The van der Waals surface area contributed by atoms with E-state index in [2.05, 4.69) is 25.2 Å². The van der Waals surface area contributed by atoms with E-state index in [1.165, 1.54) is 0 Å². The van der Waals surface area contributed by atoms with Crippen molar-refractivity contribution in [3.8, 4) is 5.75 Å². The van der Waals surface area contributed by atoms with Gasteiger partial charge >= 0.3 is 6.03 Å². The molecule has 0 atom stereocenters. The van der Waals surface area contributed by atoms with Gasteiger partial charge in [-0.15, -0.1) is 11.3 Å². The van der Waals surface area contributed by atoms with Crippen LogP contribution in [0.2, 0.25) is 0 Å². The molecule has 4 heterocycles. The summed E-state index contributed by atoms with van der Waals surface area (Å²) in [7, 11) is 0. The number of likely N-dealkylation sites (tertiary alicyclic amines) is 1. The van der Waals surface area contributed by atoms with Crippen LogP contribution in [-0.4, -0.2) is 63.7 Å². The molecule has 28 heavy (non-hydrogen) atoms. The molecule has 0 unspecified atom stereocenters. The van der Waals surface area contributed by atoms with Crippen molar-refractivity contribution in [2.24, 2.45) is 0 Å². The second-order valence-electron chi connectivity index (χ2n) is 7.50. The van der Waals surface area contributed by atoms with E-state index in [9.17, 15) is 4.79 Å². The third kappa shape index (κ3) is 3.11.